The van der Waals surface area contributed by atoms with Crippen LogP contribution in [0.5, 0.6) is 0 Å². The highest BCUT2D eigenvalue weighted by Crippen LogP contribution is 2.31. The van der Waals surface area contributed by atoms with Crippen molar-refractivity contribution in [2.75, 3.05) is 11.9 Å². The molecule has 5 nitrogen and oxygen atoms in total. The number of aromatic nitrogens is 2. The fraction of sp³-hybridized carbons (Fsp3) is 0.200. The highest BCUT2D eigenvalue weighted by atomic mass is 16.2. The molecule has 1 amide bonds. The molecule has 1 aliphatic heterocycles. The summed E-state index contributed by atoms with van der Waals surface area (Å²) in [4.78, 5) is 32.4. The summed E-state index contributed by atoms with van der Waals surface area (Å²) in [5.41, 5.74) is 4.25. The summed E-state index contributed by atoms with van der Waals surface area (Å²) in [5.74, 6) is 0.262. The quantitative estimate of drug-likeness (QED) is 0.778. The minimum atomic E-state index is 0.0876. The molecular weight excluding hydrogens is 254 g/mol. The first-order valence-corrected chi connectivity index (χ1v) is 6.29. The van der Waals surface area contributed by atoms with Crippen molar-refractivity contribution in [2.45, 2.75) is 13.3 Å². The van der Waals surface area contributed by atoms with E-state index in [0.29, 0.717) is 18.4 Å². The van der Waals surface area contributed by atoms with Gasteiger partial charge < -0.3 is 4.90 Å². The Labute approximate surface area is 116 Å². The van der Waals surface area contributed by atoms with E-state index in [1.165, 1.54) is 0 Å². The third-order valence-electron chi connectivity index (χ3n) is 3.43. The van der Waals surface area contributed by atoms with Crippen LogP contribution in [-0.4, -0.2) is 29.2 Å². The zero-order chi connectivity index (χ0) is 14.3. The standard InChI is InChI=1S/C15H13N3O2/c1-9-5-12(17-14(8-19)16-9)10-3-4-13-11(6-10)7-15(20)18(13)2/h3-6,8H,7H2,1-2H3. The fourth-order valence-electron chi connectivity index (χ4n) is 2.42. The number of anilines is 1. The highest BCUT2D eigenvalue weighted by molar-refractivity contribution is 6.01. The van der Waals surface area contributed by atoms with Crippen molar-refractivity contribution in [3.8, 4) is 11.3 Å². The fourth-order valence-corrected chi connectivity index (χ4v) is 2.42. The van der Waals surface area contributed by atoms with Crippen LogP contribution in [0.3, 0.4) is 0 Å². The first-order valence-electron chi connectivity index (χ1n) is 6.29. The van der Waals surface area contributed by atoms with E-state index in [9.17, 15) is 9.59 Å². The molecular formula is C15H13N3O2. The van der Waals surface area contributed by atoms with Crippen molar-refractivity contribution in [2.24, 2.45) is 0 Å². The van der Waals surface area contributed by atoms with Gasteiger partial charge in [-0.2, -0.15) is 0 Å². The van der Waals surface area contributed by atoms with Crippen LogP contribution in [0.1, 0.15) is 21.9 Å². The van der Waals surface area contributed by atoms with Gasteiger partial charge in [0.25, 0.3) is 0 Å². The molecule has 1 aromatic heterocycles. The molecule has 3 rings (SSSR count). The Kier molecular flexibility index (Phi) is 2.82. The minimum Gasteiger partial charge on any atom is -0.315 e. The molecule has 1 aliphatic rings. The Hall–Kier alpha value is -2.56. The van der Waals surface area contributed by atoms with E-state index >= 15 is 0 Å². The number of hydrogen-bond donors (Lipinski definition) is 0. The Morgan fingerprint density at radius 2 is 2.05 bits per heavy atom. The molecule has 0 aliphatic carbocycles. The van der Waals surface area contributed by atoms with Crippen LogP contribution in [0.4, 0.5) is 5.69 Å². The number of hydrogen-bond acceptors (Lipinski definition) is 4. The molecule has 0 saturated carbocycles. The van der Waals surface area contributed by atoms with Gasteiger partial charge in [0.05, 0.1) is 12.1 Å². The Bertz CT molecular complexity index is 725. The summed E-state index contributed by atoms with van der Waals surface area (Å²) in [5, 5.41) is 0. The van der Waals surface area contributed by atoms with Gasteiger partial charge >= 0.3 is 0 Å². The zero-order valence-electron chi connectivity index (χ0n) is 11.3. The number of aryl methyl sites for hydroxylation is 1. The molecule has 0 spiro atoms. The van der Waals surface area contributed by atoms with Crippen LogP contribution in [0.2, 0.25) is 0 Å². The maximum atomic E-state index is 11.7. The van der Waals surface area contributed by atoms with Crippen LogP contribution in [-0.2, 0) is 11.2 Å². The molecule has 100 valence electrons. The lowest BCUT2D eigenvalue weighted by Gasteiger charge is -2.10. The van der Waals surface area contributed by atoms with Crippen molar-refractivity contribution in [1.82, 2.24) is 9.97 Å². The number of likely N-dealkylation sites (N-methyl/N-ethyl adjacent to an activating group) is 1. The number of aldehydes is 1. The summed E-state index contributed by atoms with van der Waals surface area (Å²) < 4.78 is 0. The largest absolute Gasteiger partial charge is 0.315 e. The monoisotopic (exact) mass is 267 g/mol. The van der Waals surface area contributed by atoms with Gasteiger partial charge in [-0.3, -0.25) is 9.59 Å². The summed E-state index contributed by atoms with van der Waals surface area (Å²) >= 11 is 0. The number of nitrogens with zero attached hydrogens (tertiary/aromatic N) is 3. The average molecular weight is 267 g/mol. The normalized spacial score (nSPS) is 13.5. The summed E-state index contributed by atoms with van der Waals surface area (Å²) in [6, 6.07) is 7.60. The van der Waals surface area contributed by atoms with Gasteiger partial charge in [0.1, 0.15) is 0 Å². The topological polar surface area (TPSA) is 63.2 Å². The Morgan fingerprint density at radius 1 is 1.25 bits per heavy atom. The first kappa shape index (κ1) is 12.5. The Morgan fingerprint density at radius 3 is 2.80 bits per heavy atom. The van der Waals surface area contributed by atoms with E-state index in [0.717, 1.165) is 22.5 Å². The van der Waals surface area contributed by atoms with Crippen molar-refractivity contribution in [1.29, 1.82) is 0 Å². The number of carbonyl (C=O) groups excluding carboxylic acids is 2. The Balaban J connectivity index is 2.09. The minimum absolute atomic E-state index is 0.0876. The van der Waals surface area contributed by atoms with Crippen LogP contribution >= 0.6 is 0 Å². The molecule has 0 saturated heterocycles. The predicted octanol–water partition coefficient (Wildman–Crippen LogP) is 1.78. The van der Waals surface area contributed by atoms with Gasteiger partial charge in [-0.15, -0.1) is 0 Å². The molecule has 1 aromatic carbocycles. The number of amides is 1. The van der Waals surface area contributed by atoms with Crippen molar-refractivity contribution in [3.63, 3.8) is 0 Å². The van der Waals surface area contributed by atoms with Gasteiger partial charge in [-0.05, 0) is 30.7 Å². The van der Waals surface area contributed by atoms with Crippen LogP contribution < -0.4 is 4.90 Å². The summed E-state index contributed by atoms with van der Waals surface area (Å²) in [7, 11) is 1.77. The van der Waals surface area contributed by atoms with Gasteiger partial charge in [0, 0.05) is 24.0 Å². The van der Waals surface area contributed by atoms with Crippen LogP contribution in [0.25, 0.3) is 11.3 Å². The molecule has 20 heavy (non-hydrogen) atoms. The number of fused-ring (bicyclic) bond motifs is 1. The van der Waals surface area contributed by atoms with Crippen LogP contribution in [0.15, 0.2) is 24.3 Å². The number of carbonyl (C=O) groups is 2. The molecule has 5 heteroatoms. The van der Waals surface area contributed by atoms with E-state index in [4.69, 9.17) is 0 Å². The second kappa shape index (κ2) is 4.52. The first-order chi connectivity index (χ1) is 9.58. The molecule has 0 radical (unpaired) electrons. The van der Waals surface area contributed by atoms with Crippen molar-refractivity contribution in [3.05, 3.63) is 41.3 Å². The molecule has 0 fully saturated rings. The predicted molar refractivity (Wildman–Crippen MR) is 74.7 cm³/mol. The second-order valence-electron chi connectivity index (χ2n) is 4.84. The van der Waals surface area contributed by atoms with Gasteiger partial charge in [0.15, 0.2) is 12.1 Å². The number of rotatable bonds is 2. The van der Waals surface area contributed by atoms with Crippen LogP contribution in [0, 0.1) is 6.92 Å². The van der Waals surface area contributed by atoms with Gasteiger partial charge in [0.2, 0.25) is 5.91 Å². The molecule has 2 heterocycles. The lowest BCUT2D eigenvalue weighted by Crippen LogP contribution is -2.20. The SMILES string of the molecule is Cc1cc(-c2ccc3c(c2)CC(=O)N3C)nc(C=O)n1. The molecule has 0 unspecified atom stereocenters. The maximum Gasteiger partial charge on any atom is 0.231 e. The third kappa shape index (κ3) is 1.97. The van der Waals surface area contributed by atoms with Gasteiger partial charge in [-0.1, -0.05) is 6.07 Å². The van der Waals surface area contributed by atoms with Crippen molar-refractivity contribution < 1.29 is 9.59 Å². The second-order valence-corrected chi connectivity index (χ2v) is 4.84. The van der Waals surface area contributed by atoms with E-state index in [-0.39, 0.29) is 11.7 Å². The summed E-state index contributed by atoms with van der Waals surface area (Å²) in [6.45, 7) is 1.82. The van der Waals surface area contributed by atoms with Crippen molar-refractivity contribution >= 4 is 17.9 Å². The average Bonchev–Trinajstić information content (AvgIpc) is 2.73. The van der Waals surface area contributed by atoms with E-state index in [1.54, 1.807) is 11.9 Å². The maximum absolute atomic E-state index is 11.7. The highest BCUT2D eigenvalue weighted by Gasteiger charge is 2.24. The molecule has 0 atom stereocenters. The van der Waals surface area contributed by atoms with Gasteiger partial charge in [-0.25, -0.2) is 9.97 Å². The summed E-state index contributed by atoms with van der Waals surface area (Å²) in [6.07, 6.45) is 1.05. The molecule has 2 aromatic rings. The molecule has 0 N–H and O–H groups in total. The van der Waals surface area contributed by atoms with E-state index < -0.39 is 0 Å². The lowest BCUT2D eigenvalue weighted by molar-refractivity contribution is -0.117. The van der Waals surface area contributed by atoms with E-state index in [2.05, 4.69) is 9.97 Å². The lowest BCUT2D eigenvalue weighted by atomic mass is 10.1. The third-order valence-corrected chi connectivity index (χ3v) is 3.43. The number of benzene rings is 1. The smallest absolute Gasteiger partial charge is 0.231 e. The van der Waals surface area contributed by atoms with E-state index in [1.807, 2.05) is 31.2 Å². The molecule has 0 bridgehead atoms. The zero-order valence-corrected chi connectivity index (χ0v) is 11.3.